The van der Waals surface area contributed by atoms with Gasteiger partial charge < -0.3 is 14.6 Å². The van der Waals surface area contributed by atoms with Gasteiger partial charge in [0.05, 0.1) is 0 Å². The minimum atomic E-state index is -0.829. The van der Waals surface area contributed by atoms with Crippen LogP contribution < -0.4 is 0 Å². The van der Waals surface area contributed by atoms with Crippen LogP contribution in [0.1, 0.15) is 42.2 Å². The van der Waals surface area contributed by atoms with Gasteiger partial charge in [-0.25, -0.2) is 0 Å². The molecule has 0 aliphatic heterocycles. The molecule has 0 aromatic carbocycles. The minimum Gasteiger partial charge on any atom is -0.481 e. The molecule has 1 aliphatic rings. The maximum absolute atomic E-state index is 12.3. The molecule has 0 radical (unpaired) electrons. The van der Waals surface area contributed by atoms with Gasteiger partial charge >= 0.3 is 5.97 Å². The van der Waals surface area contributed by atoms with Crippen LogP contribution in [0.15, 0.2) is 16.7 Å². The topological polar surface area (TPSA) is 62.5 Å². The Morgan fingerprint density at radius 3 is 2.79 bits per heavy atom. The van der Waals surface area contributed by atoms with E-state index in [-0.39, 0.29) is 12.3 Å². The van der Waals surface area contributed by atoms with E-state index in [1.807, 2.05) is 16.8 Å². The summed E-state index contributed by atoms with van der Waals surface area (Å²) < 4.78 is 2.92. The zero-order chi connectivity index (χ0) is 14.0. The average molecular weight is 329 g/mol. The highest BCUT2D eigenvalue weighted by molar-refractivity contribution is 9.10. The second-order valence-electron chi connectivity index (χ2n) is 4.91. The van der Waals surface area contributed by atoms with Crippen LogP contribution in [-0.2, 0) is 4.79 Å². The molecule has 6 heteroatoms. The number of aromatic nitrogens is 1. The van der Waals surface area contributed by atoms with Crippen molar-refractivity contribution in [2.24, 2.45) is 0 Å². The van der Waals surface area contributed by atoms with Crippen molar-refractivity contribution >= 4 is 27.8 Å². The van der Waals surface area contributed by atoms with Gasteiger partial charge in [0.2, 0.25) is 0 Å². The number of carbonyl (C=O) groups excluding carboxylic acids is 1. The highest BCUT2D eigenvalue weighted by Gasteiger charge is 2.28. The Labute approximate surface area is 120 Å². The highest BCUT2D eigenvalue weighted by Crippen LogP contribution is 2.37. The monoisotopic (exact) mass is 328 g/mol. The Morgan fingerprint density at radius 1 is 1.53 bits per heavy atom. The summed E-state index contributed by atoms with van der Waals surface area (Å²) in [5.41, 5.74) is 0.673. The smallest absolute Gasteiger partial charge is 0.303 e. The molecule has 1 heterocycles. The molecule has 0 bridgehead atoms. The molecule has 2 rings (SSSR count). The summed E-state index contributed by atoms with van der Waals surface area (Å²) in [6.45, 7) is 0.457. The first kappa shape index (κ1) is 14.1. The summed E-state index contributed by atoms with van der Waals surface area (Å²) in [7, 11) is 1.71. The van der Waals surface area contributed by atoms with Crippen molar-refractivity contribution in [1.82, 2.24) is 9.47 Å². The summed E-state index contributed by atoms with van der Waals surface area (Å²) in [6.07, 6.45) is 4.73. The van der Waals surface area contributed by atoms with Gasteiger partial charge in [0.15, 0.2) is 0 Å². The highest BCUT2D eigenvalue weighted by atomic mass is 79.9. The third-order valence-electron chi connectivity index (χ3n) is 3.21. The van der Waals surface area contributed by atoms with Crippen LogP contribution >= 0.6 is 15.9 Å². The fourth-order valence-corrected chi connectivity index (χ4v) is 2.47. The molecule has 0 saturated heterocycles. The number of carboxylic acid groups (broad SMARTS) is 1. The molecule has 1 aliphatic carbocycles. The van der Waals surface area contributed by atoms with E-state index in [0.717, 1.165) is 17.3 Å². The Morgan fingerprint density at radius 2 is 2.21 bits per heavy atom. The molecule has 0 atom stereocenters. The first-order chi connectivity index (χ1) is 8.99. The predicted octanol–water partition coefficient (Wildman–Crippen LogP) is 2.52. The van der Waals surface area contributed by atoms with Gasteiger partial charge in [0.25, 0.3) is 5.91 Å². The molecule has 1 amide bonds. The van der Waals surface area contributed by atoms with Crippen LogP contribution in [0.5, 0.6) is 0 Å². The Balaban J connectivity index is 2.00. The van der Waals surface area contributed by atoms with Crippen LogP contribution in [0.25, 0.3) is 0 Å². The molecule has 1 saturated carbocycles. The Kier molecular flexibility index (Phi) is 4.29. The van der Waals surface area contributed by atoms with Crippen molar-refractivity contribution < 1.29 is 14.7 Å². The number of carboxylic acids is 1. The summed E-state index contributed by atoms with van der Waals surface area (Å²) >= 11 is 3.40. The fraction of sp³-hybridized carbons (Fsp3) is 0.538. The van der Waals surface area contributed by atoms with Gasteiger partial charge in [0.1, 0.15) is 5.69 Å². The molecule has 1 aromatic rings. The van der Waals surface area contributed by atoms with Gasteiger partial charge in [-0.05, 0) is 41.3 Å². The number of amides is 1. The summed E-state index contributed by atoms with van der Waals surface area (Å²) in [4.78, 5) is 24.4. The van der Waals surface area contributed by atoms with Crippen LogP contribution in [-0.4, -0.2) is 40.0 Å². The number of aliphatic carboxylic acids is 1. The van der Waals surface area contributed by atoms with E-state index in [1.54, 1.807) is 11.9 Å². The molecular formula is C13H17BrN2O3. The van der Waals surface area contributed by atoms with E-state index in [1.165, 1.54) is 0 Å². The van der Waals surface area contributed by atoms with E-state index in [0.29, 0.717) is 24.7 Å². The lowest BCUT2D eigenvalue weighted by molar-refractivity contribution is -0.137. The van der Waals surface area contributed by atoms with Crippen LogP contribution in [0.3, 0.4) is 0 Å². The predicted molar refractivity (Wildman–Crippen MR) is 74.2 cm³/mol. The van der Waals surface area contributed by atoms with Gasteiger partial charge in [0, 0.05) is 36.7 Å². The number of hydrogen-bond donors (Lipinski definition) is 1. The number of rotatable bonds is 6. The molecular weight excluding hydrogens is 312 g/mol. The van der Waals surface area contributed by atoms with E-state index in [9.17, 15) is 9.59 Å². The molecule has 19 heavy (non-hydrogen) atoms. The molecule has 0 unspecified atom stereocenters. The van der Waals surface area contributed by atoms with Crippen molar-refractivity contribution in [1.29, 1.82) is 0 Å². The lowest BCUT2D eigenvalue weighted by Gasteiger charge is -2.17. The van der Waals surface area contributed by atoms with Crippen LogP contribution in [0, 0.1) is 0 Å². The molecule has 1 N–H and O–H groups in total. The SMILES string of the molecule is CN(CCCC(=O)O)C(=O)c1cc(Br)cn1C1CC1. The fourth-order valence-electron chi connectivity index (χ4n) is 2.04. The zero-order valence-electron chi connectivity index (χ0n) is 10.8. The lowest BCUT2D eigenvalue weighted by atomic mass is 10.3. The minimum absolute atomic E-state index is 0.0528. The van der Waals surface area contributed by atoms with Gasteiger partial charge in [-0.15, -0.1) is 0 Å². The number of carbonyl (C=O) groups is 2. The van der Waals surface area contributed by atoms with Crippen molar-refractivity contribution in [2.75, 3.05) is 13.6 Å². The maximum atomic E-state index is 12.3. The Bertz CT molecular complexity index is 494. The summed E-state index contributed by atoms with van der Waals surface area (Å²) in [5, 5.41) is 8.60. The quantitative estimate of drug-likeness (QED) is 0.872. The normalized spacial score (nSPS) is 14.4. The van der Waals surface area contributed by atoms with Crippen LogP contribution in [0.4, 0.5) is 0 Å². The van der Waals surface area contributed by atoms with Crippen molar-refractivity contribution in [3.8, 4) is 0 Å². The van der Waals surface area contributed by atoms with E-state index in [4.69, 9.17) is 5.11 Å². The van der Waals surface area contributed by atoms with E-state index < -0.39 is 5.97 Å². The van der Waals surface area contributed by atoms with E-state index >= 15 is 0 Å². The third-order valence-corrected chi connectivity index (χ3v) is 3.64. The zero-order valence-corrected chi connectivity index (χ0v) is 12.4. The van der Waals surface area contributed by atoms with Gasteiger partial charge in [-0.1, -0.05) is 0 Å². The Hall–Kier alpha value is -1.30. The molecule has 1 fully saturated rings. The molecule has 104 valence electrons. The molecule has 0 spiro atoms. The summed E-state index contributed by atoms with van der Waals surface area (Å²) in [5.74, 6) is -0.882. The average Bonchev–Trinajstić information content (AvgIpc) is 3.11. The molecule has 5 nitrogen and oxygen atoms in total. The lowest BCUT2D eigenvalue weighted by Crippen LogP contribution is -2.29. The van der Waals surface area contributed by atoms with E-state index in [2.05, 4.69) is 15.9 Å². The molecule has 1 aromatic heterocycles. The van der Waals surface area contributed by atoms with Gasteiger partial charge in [-0.2, -0.15) is 0 Å². The number of nitrogens with zero attached hydrogens (tertiary/aromatic N) is 2. The summed E-state index contributed by atoms with van der Waals surface area (Å²) in [6, 6.07) is 2.27. The van der Waals surface area contributed by atoms with Gasteiger partial charge in [-0.3, -0.25) is 9.59 Å². The first-order valence-electron chi connectivity index (χ1n) is 6.33. The first-order valence-corrected chi connectivity index (χ1v) is 7.13. The van der Waals surface area contributed by atoms with Crippen LogP contribution in [0.2, 0.25) is 0 Å². The second kappa shape index (κ2) is 5.77. The largest absolute Gasteiger partial charge is 0.481 e. The number of halogens is 1. The number of hydrogen-bond acceptors (Lipinski definition) is 2. The van der Waals surface area contributed by atoms with Crippen molar-refractivity contribution in [3.05, 3.63) is 22.4 Å². The third kappa shape index (κ3) is 3.59. The second-order valence-corrected chi connectivity index (χ2v) is 5.82. The maximum Gasteiger partial charge on any atom is 0.303 e. The van der Waals surface area contributed by atoms with Crippen molar-refractivity contribution in [2.45, 2.75) is 31.7 Å². The van der Waals surface area contributed by atoms with Crippen molar-refractivity contribution in [3.63, 3.8) is 0 Å². The standard InChI is InChI=1S/C13H17BrN2O3/c1-15(6-2-3-12(17)18)13(19)11-7-9(14)8-16(11)10-4-5-10/h7-8,10H,2-6H2,1H3,(H,17,18).